The van der Waals surface area contributed by atoms with Crippen LogP contribution in [0.5, 0.6) is 0 Å². The van der Waals surface area contributed by atoms with E-state index in [2.05, 4.69) is 15.0 Å². The number of hydrogen-bond donors (Lipinski definition) is 2. The fourth-order valence-electron chi connectivity index (χ4n) is 1.18. The summed E-state index contributed by atoms with van der Waals surface area (Å²) in [7, 11) is 0. The van der Waals surface area contributed by atoms with Crippen molar-refractivity contribution in [3.05, 3.63) is 36.3 Å². The minimum Gasteiger partial charge on any atom is -0.392 e. The third-order valence-corrected chi connectivity index (χ3v) is 1.94. The molecular weight excluding hydrogens is 192 g/mol. The van der Waals surface area contributed by atoms with Gasteiger partial charge in [-0.15, -0.1) is 0 Å². The van der Waals surface area contributed by atoms with Crippen molar-refractivity contribution in [2.45, 2.75) is 6.61 Å². The van der Waals surface area contributed by atoms with Crippen molar-refractivity contribution >= 4 is 5.82 Å². The summed E-state index contributed by atoms with van der Waals surface area (Å²) < 4.78 is 0. The van der Waals surface area contributed by atoms with E-state index >= 15 is 0 Å². The van der Waals surface area contributed by atoms with Crippen molar-refractivity contribution in [2.24, 2.45) is 0 Å². The van der Waals surface area contributed by atoms with Gasteiger partial charge in [0.25, 0.3) is 0 Å². The number of rotatable bonds is 2. The van der Waals surface area contributed by atoms with Crippen LogP contribution in [0.25, 0.3) is 11.4 Å². The summed E-state index contributed by atoms with van der Waals surface area (Å²) in [6, 6.07) is 3.51. The van der Waals surface area contributed by atoms with Gasteiger partial charge in [-0.2, -0.15) is 0 Å². The van der Waals surface area contributed by atoms with Gasteiger partial charge in [-0.3, -0.25) is 4.98 Å². The van der Waals surface area contributed by atoms with Crippen LogP contribution in [0.3, 0.4) is 0 Å². The number of nitrogen functional groups attached to an aromatic ring is 1. The maximum Gasteiger partial charge on any atom is 0.141 e. The summed E-state index contributed by atoms with van der Waals surface area (Å²) in [5.74, 6) is 0.372. The molecule has 0 saturated heterocycles. The Kier molecular flexibility index (Phi) is 2.55. The van der Waals surface area contributed by atoms with Crippen LogP contribution >= 0.6 is 0 Å². The Bertz CT molecular complexity index is 455. The second kappa shape index (κ2) is 4.02. The summed E-state index contributed by atoms with van der Waals surface area (Å²) in [5, 5.41) is 8.97. The Hall–Kier alpha value is -2.01. The van der Waals surface area contributed by atoms with Crippen LogP contribution in [-0.2, 0) is 6.61 Å². The summed E-state index contributed by atoms with van der Waals surface area (Å²) in [5.41, 5.74) is 7.53. The SMILES string of the molecule is Nc1cnc(-c2cc(CO)ccn2)cn1. The molecule has 2 aromatic rings. The number of aliphatic hydroxyl groups excluding tert-OH is 1. The first-order valence-corrected chi connectivity index (χ1v) is 4.43. The van der Waals surface area contributed by atoms with E-state index < -0.39 is 0 Å². The van der Waals surface area contributed by atoms with E-state index in [0.29, 0.717) is 17.2 Å². The Morgan fingerprint density at radius 2 is 2.00 bits per heavy atom. The molecule has 76 valence electrons. The highest BCUT2D eigenvalue weighted by Gasteiger charge is 2.02. The maximum atomic E-state index is 8.97. The zero-order chi connectivity index (χ0) is 10.7. The lowest BCUT2D eigenvalue weighted by Gasteiger charge is -2.01. The molecule has 0 radical (unpaired) electrons. The van der Waals surface area contributed by atoms with E-state index in [9.17, 15) is 0 Å². The van der Waals surface area contributed by atoms with Gasteiger partial charge in [0.15, 0.2) is 0 Å². The molecule has 15 heavy (non-hydrogen) atoms. The van der Waals surface area contributed by atoms with Crippen molar-refractivity contribution in [1.29, 1.82) is 0 Å². The van der Waals surface area contributed by atoms with Gasteiger partial charge < -0.3 is 10.8 Å². The largest absolute Gasteiger partial charge is 0.392 e. The highest BCUT2D eigenvalue weighted by molar-refractivity contribution is 5.54. The number of nitrogens with zero attached hydrogens (tertiary/aromatic N) is 3. The monoisotopic (exact) mass is 202 g/mol. The van der Waals surface area contributed by atoms with E-state index in [-0.39, 0.29) is 6.61 Å². The van der Waals surface area contributed by atoms with E-state index in [4.69, 9.17) is 10.8 Å². The predicted octanol–water partition coefficient (Wildman–Crippen LogP) is 0.613. The zero-order valence-electron chi connectivity index (χ0n) is 7.96. The van der Waals surface area contributed by atoms with Crippen LogP contribution in [0.4, 0.5) is 5.82 Å². The van der Waals surface area contributed by atoms with Crippen LogP contribution in [-0.4, -0.2) is 20.1 Å². The second-order valence-electron chi connectivity index (χ2n) is 3.03. The molecule has 0 aliphatic rings. The predicted molar refractivity (Wildman–Crippen MR) is 55.6 cm³/mol. The lowest BCUT2D eigenvalue weighted by Crippen LogP contribution is -1.94. The van der Waals surface area contributed by atoms with Gasteiger partial charge in [-0.25, -0.2) is 9.97 Å². The number of aromatic nitrogens is 3. The van der Waals surface area contributed by atoms with Gasteiger partial charge in [0.2, 0.25) is 0 Å². The number of aliphatic hydroxyl groups is 1. The van der Waals surface area contributed by atoms with Crippen molar-refractivity contribution in [3.63, 3.8) is 0 Å². The highest BCUT2D eigenvalue weighted by atomic mass is 16.3. The summed E-state index contributed by atoms with van der Waals surface area (Å²) in [6.45, 7) is -0.0160. The number of anilines is 1. The van der Waals surface area contributed by atoms with Gasteiger partial charge >= 0.3 is 0 Å². The molecule has 0 bridgehead atoms. The lowest BCUT2D eigenvalue weighted by atomic mass is 10.2. The fourth-order valence-corrected chi connectivity index (χ4v) is 1.18. The second-order valence-corrected chi connectivity index (χ2v) is 3.03. The van der Waals surface area contributed by atoms with Gasteiger partial charge in [-0.1, -0.05) is 0 Å². The van der Waals surface area contributed by atoms with Crippen LogP contribution in [0.15, 0.2) is 30.7 Å². The van der Waals surface area contributed by atoms with Crippen LogP contribution in [0, 0.1) is 0 Å². The van der Waals surface area contributed by atoms with Gasteiger partial charge in [0.05, 0.1) is 24.7 Å². The third kappa shape index (κ3) is 2.08. The summed E-state index contributed by atoms with van der Waals surface area (Å²) >= 11 is 0. The van der Waals surface area contributed by atoms with Gasteiger partial charge in [-0.05, 0) is 17.7 Å². The van der Waals surface area contributed by atoms with Crippen molar-refractivity contribution < 1.29 is 5.11 Å². The smallest absolute Gasteiger partial charge is 0.141 e. The number of nitrogens with two attached hydrogens (primary N) is 1. The third-order valence-electron chi connectivity index (χ3n) is 1.94. The van der Waals surface area contributed by atoms with E-state index in [1.165, 1.54) is 6.20 Å². The fraction of sp³-hybridized carbons (Fsp3) is 0.100. The van der Waals surface area contributed by atoms with Crippen molar-refractivity contribution in [2.75, 3.05) is 5.73 Å². The lowest BCUT2D eigenvalue weighted by molar-refractivity contribution is 0.282. The van der Waals surface area contributed by atoms with Crippen LogP contribution in [0.1, 0.15) is 5.56 Å². The normalized spacial score (nSPS) is 10.2. The molecule has 3 N–H and O–H groups in total. The van der Waals surface area contributed by atoms with E-state index in [0.717, 1.165) is 5.56 Å². The molecule has 0 fully saturated rings. The standard InChI is InChI=1S/C10H10N4O/c11-10-5-13-9(4-14-10)8-3-7(6-15)1-2-12-8/h1-5,15H,6H2,(H2,11,14). The minimum atomic E-state index is -0.0160. The Labute approximate surface area is 86.6 Å². The molecule has 2 rings (SSSR count). The molecule has 0 atom stereocenters. The van der Waals surface area contributed by atoms with E-state index in [1.54, 1.807) is 24.5 Å². The first-order valence-electron chi connectivity index (χ1n) is 4.43. The van der Waals surface area contributed by atoms with E-state index in [1.807, 2.05) is 0 Å². The summed E-state index contributed by atoms with van der Waals surface area (Å²) in [4.78, 5) is 12.1. The van der Waals surface area contributed by atoms with Crippen LogP contribution in [0.2, 0.25) is 0 Å². The molecule has 5 heteroatoms. The molecule has 0 aliphatic carbocycles. The molecule has 0 aliphatic heterocycles. The molecule has 2 heterocycles. The molecule has 5 nitrogen and oxygen atoms in total. The molecule has 0 amide bonds. The van der Waals surface area contributed by atoms with Crippen molar-refractivity contribution in [1.82, 2.24) is 15.0 Å². The average Bonchev–Trinajstić information content (AvgIpc) is 2.30. The molecule has 0 spiro atoms. The van der Waals surface area contributed by atoms with Crippen molar-refractivity contribution in [3.8, 4) is 11.4 Å². The number of hydrogen-bond acceptors (Lipinski definition) is 5. The zero-order valence-corrected chi connectivity index (χ0v) is 7.96. The summed E-state index contributed by atoms with van der Waals surface area (Å²) in [6.07, 6.45) is 4.65. The van der Waals surface area contributed by atoms with Crippen LogP contribution < -0.4 is 5.73 Å². The van der Waals surface area contributed by atoms with Gasteiger partial charge in [0.1, 0.15) is 11.5 Å². The Balaban J connectivity index is 2.40. The average molecular weight is 202 g/mol. The molecule has 0 unspecified atom stereocenters. The topological polar surface area (TPSA) is 84.9 Å². The first kappa shape index (κ1) is 9.54. The Morgan fingerprint density at radius 1 is 1.13 bits per heavy atom. The molecular formula is C10H10N4O. The molecule has 0 aromatic carbocycles. The maximum absolute atomic E-state index is 8.97. The quantitative estimate of drug-likeness (QED) is 0.745. The van der Waals surface area contributed by atoms with Gasteiger partial charge in [0, 0.05) is 6.20 Å². The molecule has 0 saturated carbocycles. The molecule has 2 aromatic heterocycles. The Morgan fingerprint density at radius 3 is 2.67 bits per heavy atom. The number of pyridine rings is 1. The first-order chi connectivity index (χ1) is 7.29. The highest BCUT2D eigenvalue weighted by Crippen LogP contribution is 2.14. The minimum absolute atomic E-state index is 0.0160.